The summed E-state index contributed by atoms with van der Waals surface area (Å²) in [5.41, 5.74) is -0.589. The first-order valence-corrected chi connectivity index (χ1v) is 10.4. The number of carbonyl (C=O) groups excluding carboxylic acids is 1. The zero-order valence-electron chi connectivity index (χ0n) is 16.5. The third-order valence-corrected chi connectivity index (χ3v) is 7.17. The third kappa shape index (κ3) is 2.79. The van der Waals surface area contributed by atoms with Crippen molar-refractivity contribution < 1.29 is 27.1 Å². The molecular weight excluding hydrogens is 400 g/mol. The lowest BCUT2D eigenvalue weighted by atomic mass is 9.48. The van der Waals surface area contributed by atoms with Gasteiger partial charge in [0.1, 0.15) is 11.3 Å². The summed E-state index contributed by atoms with van der Waals surface area (Å²) in [6.45, 7) is 1.72. The predicted molar refractivity (Wildman–Crippen MR) is 99.7 cm³/mol. The van der Waals surface area contributed by atoms with Crippen LogP contribution in [0.2, 0.25) is 0 Å². The van der Waals surface area contributed by atoms with Crippen LogP contribution in [0.5, 0.6) is 0 Å². The zero-order valence-corrected chi connectivity index (χ0v) is 16.5. The SMILES string of the molecule is CCOC(=O)c1c(-c2cc(F)c(F)c(F)c2F)n[nH]c1C12CC3CC(CC(C3)C1)C2. The van der Waals surface area contributed by atoms with Gasteiger partial charge in [0.05, 0.1) is 12.3 Å². The van der Waals surface area contributed by atoms with Crippen molar-refractivity contribution in [3.8, 4) is 11.3 Å². The van der Waals surface area contributed by atoms with Crippen molar-refractivity contribution in [2.45, 2.75) is 50.9 Å². The van der Waals surface area contributed by atoms with Gasteiger partial charge >= 0.3 is 5.97 Å². The molecule has 4 nitrogen and oxygen atoms in total. The Morgan fingerprint density at radius 2 is 1.67 bits per heavy atom. The summed E-state index contributed by atoms with van der Waals surface area (Å²) in [5.74, 6) is -5.98. The van der Waals surface area contributed by atoms with E-state index in [9.17, 15) is 22.4 Å². The van der Waals surface area contributed by atoms with Gasteiger partial charge in [0.2, 0.25) is 0 Å². The summed E-state index contributed by atoms with van der Waals surface area (Å²) in [6, 6.07) is 0.538. The Bertz CT molecular complexity index is 997. The highest BCUT2D eigenvalue weighted by molar-refractivity contribution is 5.98. The number of nitrogens with one attached hydrogen (secondary N) is 1. The molecule has 1 heterocycles. The lowest BCUT2D eigenvalue weighted by Gasteiger charge is -2.56. The van der Waals surface area contributed by atoms with Crippen LogP contribution in [0.15, 0.2) is 6.07 Å². The summed E-state index contributed by atoms with van der Waals surface area (Å²) in [5, 5.41) is 6.99. The number of aromatic nitrogens is 2. The maximum Gasteiger partial charge on any atom is 0.342 e. The number of hydrogen-bond acceptors (Lipinski definition) is 3. The molecule has 0 unspecified atom stereocenters. The van der Waals surface area contributed by atoms with Crippen molar-refractivity contribution in [2.75, 3.05) is 6.61 Å². The summed E-state index contributed by atoms with van der Waals surface area (Å²) in [4.78, 5) is 12.9. The molecular formula is C22H22F4N2O2. The van der Waals surface area contributed by atoms with Crippen LogP contribution >= 0.6 is 0 Å². The second-order valence-corrected chi connectivity index (χ2v) is 9.09. The van der Waals surface area contributed by atoms with Gasteiger partial charge in [0.15, 0.2) is 23.3 Å². The van der Waals surface area contributed by atoms with Crippen molar-refractivity contribution in [2.24, 2.45) is 17.8 Å². The molecule has 6 rings (SSSR count). The molecule has 0 saturated heterocycles. The lowest BCUT2D eigenvalue weighted by molar-refractivity contribution is -0.00804. The van der Waals surface area contributed by atoms with Crippen LogP contribution in [0.4, 0.5) is 17.6 Å². The van der Waals surface area contributed by atoms with E-state index in [0.29, 0.717) is 29.5 Å². The minimum Gasteiger partial charge on any atom is -0.462 e. The zero-order chi connectivity index (χ0) is 21.2. The standard InChI is InChI=1S/C22H22F4N2O2/c1-2-30-21(29)15-19(13-6-14(23)17(25)18(26)16(13)24)27-28-20(15)22-7-10-3-11(8-22)5-12(4-10)9-22/h6,10-12H,2-5,7-9H2,1H3,(H,27,28). The molecule has 4 aliphatic carbocycles. The molecule has 1 aromatic heterocycles. The van der Waals surface area contributed by atoms with Gasteiger partial charge in [-0.05, 0) is 69.3 Å². The van der Waals surface area contributed by atoms with E-state index in [-0.39, 0.29) is 23.3 Å². The van der Waals surface area contributed by atoms with Crippen LogP contribution in [0, 0.1) is 41.0 Å². The summed E-state index contributed by atoms with van der Waals surface area (Å²) < 4.78 is 61.0. The minimum atomic E-state index is -1.93. The highest BCUT2D eigenvalue weighted by Crippen LogP contribution is 2.61. The van der Waals surface area contributed by atoms with E-state index >= 15 is 0 Å². The Balaban J connectivity index is 1.68. The van der Waals surface area contributed by atoms with Crippen LogP contribution in [0.3, 0.4) is 0 Å². The molecule has 2 aromatic rings. The number of halogens is 4. The average Bonchev–Trinajstić information content (AvgIpc) is 3.14. The van der Waals surface area contributed by atoms with Crippen molar-refractivity contribution in [1.82, 2.24) is 10.2 Å². The molecule has 0 radical (unpaired) electrons. The van der Waals surface area contributed by atoms with E-state index in [1.165, 1.54) is 19.3 Å². The first-order valence-electron chi connectivity index (χ1n) is 10.4. The molecule has 4 fully saturated rings. The Hall–Kier alpha value is -2.38. The first-order chi connectivity index (χ1) is 14.3. The lowest BCUT2D eigenvalue weighted by Crippen LogP contribution is -2.49. The highest BCUT2D eigenvalue weighted by atomic mass is 19.2. The molecule has 160 valence electrons. The fraction of sp³-hybridized carbons (Fsp3) is 0.545. The monoisotopic (exact) mass is 422 g/mol. The second kappa shape index (κ2) is 6.82. The van der Waals surface area contributed by atoms with Gasteiger partial charge in [0, 0.05) is 11.0 Å². The molecule has 4 aliphatic rings. The highest BCUT2D eigenvalue weighted by Gasteiger charge is 2.54. The van der Waals surface area contributed by atoms with E-state index in [4.69, 9.17) is 4.74 Å². The number of rotatable bonds is 4. The normalized spacial score (nSPS) is 29.4. The van der Waals surface area contributed by atoms with Crippen LogP contribution < -0.4 is 0 Å². The number of aromatic amines is 1. The number of ether oxygens (including phenoxy) is 1. The van der Waals surface area contributed by atoms with Gasteiger partial charge in [-0.15, -0.1) is 0 Å². The Labute approximate surface area is 171 Å². The molecule has 30 heavy (non-hydrogen) atoms. The number of benzene rings is 1. The number of carbonyl (C=O) groups is 1. The molecule has 0 amide bonds. The summed E-state index contributed by atoms with van der Waals surface area (Å²) >= 11 is 0. The Morgan fingerprint density at radius 3 is 2.23 bits per heavy atom. The number of hydrogen-bond donors (Lipinski definition) is 1. The fourth-order valence-corrected chi connectivity index (χ4v) is 6.48. The molecule has 1 aromatic carbocycles. The van der Waals surface area contributed by atoms with Crippen LogP contribution in [0.25, 0.3) is 11.3 Å². The van der Waals surface area contributed by atoms with Crippen molar-refractivity contribution >= 4 is 5.97 Å². The summed E-state index contributed by atoms with van der Waals surface area (Å²) in [6.07, 6.45) is 6.21. The molecule has 0 spiro atoms. The topological polar surface area (TPSA) is 55.0 Å². The summed E-state index contributed by atoms with van der Waals surface area (Å²) in [7, 11) is 0. The molecule has 4 bridgehead atoms. The number of H-pyrrole nitrogens is 1. The van der Waals surface area contributed by atoms with Crippen LogP contribution in [-0.4, -0.2) is 22.8 Å². The van der Waals surface area contributed by atoms with Crippen molar-refractivity contribution in [3.05, 3.63) is 40.6 Å². The average molecular weight is 422 g/mol. The largest absolute Gasteiger partial charge is 0.462 e. The molecule has 0 atom stereocenters. The number of nitrogens with zero attached hydrogens (tertiary/aromatic N) is 1. The minimum absolute atomic E-state index is 0.00288. The first kappa shape index (κ1) is 19.6. The maximum atomic E-state index is 14.5. The van der Waals surface area contributed by atoms with Gasteiger partial charge < -0.3 is 4.74 Å². The molecule has 0 aliphatic heterocycles. The third-order valence-electron chi connectivity index (χ3n) is 7.17. The predicted octanol–water partition coefficient (Wildman–Crippen LogP) is 5.28. The van der Waals surface area contributed by atoms with E-state index in [1.807, 2.05) is 0 Å². The van der Waals surface area contributed by atoms with Gasteiger partial charge in [-0.2, -0.15) is 5.10 Å². The van der Waals surface area contributed by atoms with Crippen LogP contribution in [-0.2, 0) is 10.2 Å². The smallest absolute Gasteiger partial charge is 0.342 e. The Kier molecular flexibility index (Phi) is 4.45. The van der Waals surface area contributed by atoms with E-state index in [0.717, 1.165) is 19.3 Å². The fourth-order valence-electron chi connectivity index (χ4n) is 6.48. The Morgan fingerprint density at radius 1 is 1.07 bits per heavy atom. The molecule has 8 heteroatoms. The van der Waals surface area contributed by atoms with E-state index < -0.39 is 34.8 Å². The van der Waals surface area contributed by atoms with E-state index in [2.05, 4.69) is 10.2 Å². The van der Waals surface area contributed by atoms with Crippen molar-refractivity contribution in [3.63, 3.8) is 0 Å². The van der Waals surface area contributed by atoms with Gasteiger partial charge in [-0.25, -0.2) is 22.4 Å². The van der Waals surface area contributed by atoms with Crippen molar-refractivity contribution in [1.29, 1.82) is 0 Å². The van der Waals surface area contributed by atoms with E-state index in [1.54, 1.807) is 6.92 Å². The second-order valence-electron chi connectivity index (χ2n) is 9.09. The molecule has 1 N–H and O–H groups in total. The van der Waals surface area contributed by atoms with Gasteiger partial charge in [-0.1, -0.05) is 0 Å². The van der Waals surface area contributed by atoms with Gasteiger partial charge in [0.25, 0.3) is 0 Å². The maximum absolute atomic E-state index is 14.5. The molecule has 4 saturated carbocycles. The number of esters is 1. The van der Waals surface area contributed by atoms with Crippen LogP contribution in [0.1, 0.15) is 61.5 Å². The quantitative estimate of drug-likeness (QED) is 0.316. The van der Waals surface area contributed by atoms with Gasteiger partial charge in [-0.3, -0.25) is 5.10 Å².